The average molecular weight is 448 g/mol. The minimum atomic E-state index is -0.942. The normalized spacial score (nSPS) is 12.8. The van der Waals surface area contributed by atoms with E-state index in [1.54, 1.807) is 20.8 Å². The van der Waals surface area contributed by atoms with Crippen LogP contribution in [-0.2, 0) is 30.4 Å². The number of benzene rings is 1. The summed E-state index contributed by atoms with van der Waals surface area (Å²) < 4.78 is 15.3. The van der Waals surface area contributed by atoms with Gasteiger partial charge >= 0.3 is 18.0 Å². The van der Waals surface area contributed by atoms with Crippen molar-refractivity contribution in [3.05, 3.63) is 35.9 Å². The highest BCUT2D eigenvalue weighted by Gasteiger charge is 2.30. The predicted molar refractivity (Wildman–Crippen MR) is 117 cm³/mol. The summed E-state index contributed by atoms with van der Waals surface area (Å²) in [5.74, 6) is -0.943. The first-order valence-corrected chi connectivity index (χ1v) is 10.5. The molecule has 0 aliphatic heterocycles. The molecule has 0 aliphatic carbocycles. The fraction of sp³-hybridized carbons (Fsp3) is 0.565. The molecule has 9 heteroatoms. The monoisotopic (exact) mass is 447 g/mol. The molecule has 0 aliphatic rings. The van der Waals surface area contributed by atoms with Crippen molar-refractivity contribution >= 4 is 18.0 Å². The lowest BCUT2D eigenvalue weighted by atomic mass is 10.2. The number of carbonyl (C=O) groups is 3. The van der Waals surface area contributed by atoms with Crippen molar-refractivity contribution in [2.75, 3.05) is 20.2 Å². The van der Waals surface area contributed by atoms with E-state index >= 15 is 0 Å². The Morgan fingerprint density at radius 2 is 1.84 bits per heavy atom. The molecule has 0 saturated heterocycles. The van der Waals surface area contributed by atoms with Gasteiger partial charge in [0.1, 0.15) is 24.3 Å². The van der Waals surface area contributed by atoms with Gasteiger partial charge in [-0.25, -0.2) is 9.59 Å². The number of rotatable bonds is 11. The van der Waals surface area contributed by atoms with E-state index in [0.29, 0.717) is 13.0 Å². The zero-order valence-electron chi connectivity index (χ0n) is 19.4. The quantitative estimate of drug-likeness (QED) is 0.313. The van der Waals surface area contributed by atoms with Crippen LogP contribution in [-0.4, -0.2) is 60.8 Å². The third kappa shape index (κ3) is 10.3. The highest BCUT2D eigenvalue weighted by molar-refractivity contribution is 5.81. The summed E-state index contributed by atoms with van der Waals surface area (Å²) >= 11 is 0. The van der Waals surface area contributed by atoms with Crippen LogP contribution >= 0.6 is 0 Å². The van der Waals surface area contributed by atoms with Crippen molar-refractivity contribution in [2.45, 2.75) is 64.8 Å². The fourth-order valence-corrected chi connectivity index (χ4v) is 2.74. The van der Waals surface area contributed by atoms with Crippen molar-refractivity contribution in [3.8, 4) is 6.07 Å². The Morgan fingerprint density at radius 1 is 1.19 bits per heavy atom. The summed E-state index contributed by atoms with van der Waals surface area (Å²) in [5.41, 5.74) is 0.244. The second-order valence-corrected chi connectivity index (χ2v) is 8.22. The predicted octanol–water partition coefficient (Wildman–Crippen LogP) is 2.79. The molecular formula is C23H33N3O6. The number of amides is 1. The second-order valence-electron chi connectivity index (χ2n) is 8.22. The van der Waals surface area contributed by atoms with Gasteiger partial charge in [-0.2, -0.15) is 5.26 Å². The van der Waals surface area contributed by atoms with Crippen LogP contribution in [0.5, 0.6) is 0 Å². The number of carbonyl (C=O) groups excluding carboxylic acids is 3. The van der Waals surface area contributed by atoms with Crippen LogP contribution in [0, 0.1) is 11.3 Å². The van der Waals surface area contributed by atoms with Gasteiger partial charge in [-0.3, -0.25) is 9.69 Å². The molecule has 0 fully saturated rings. The molecule has 9 nitrogen and oxygen atoms in total. The van der Waals surface area contributed by atoms with Gasteiger partial charge in [-0.15, -0.1) is 0 Å². The lowest BCUT2D eigenvalue weighted by Crippen LogP contribution is -2.50. The van der Waals surface area contributed by atoms with E-state index < -0.39 is 29.7 Å². The van der Waals surface area contributed by atoms with Gasteiger partial charge in [-0.1, -0.05) is 30.3 Å². The van der Waals surface area contributed by atoms with E-state index in [2.05, 4.69) is 11.4 Å². The van der Waals surface area contributed by atoms with E-state index in [1.807, 2.05) is 30.3 Å². The molecule has 0 heterocycles. The van der Waals surface area contributed by atoms with Crippen molar-refractivity contribution in [3.63, 3.8) is 0 Å². The molecule has 2 atom stereocenters. The summed E-state index contributed by atoms with van der Waals surface area (Å²) in [6.07, 6.45) is -0.0791. The third-order valence-corrected chi connectivity index (χ3v) is 4.35. The number of nitriles is 1. The zero-order chi connectivity index (χ0) is 24.1. The van der Waals surface area contributed by atoms with Crippen LogP contribution in [0.1, 0.15) is 46.1 Å². The van der Waals surface area contributed by atoms with Crippen LogP contribution in [0.4, 0.5) is 4.79 Å². The van der Waals surface area contributed by atoms with E-state index in [1.165, 1.54) is 14.0 Å². The third-order valence-electron chi connectivity index (χ3n) is 4.35. The standard InChI is InChI=1S/C23H33N3O6/c1-17(21(28)30-5)26(22(29)31-16-18-10-7-6-8-11-18)15-19(14-24)25-13-9-12-20(27)32-23(2,3)4/h6-8,10-11,17,19,25H,9,12-13,15-16H2,1-5H3/t17-,19?/m0/s1. The molecule has 32 heavy (non-hydrogen) atoms. The number of hydrogen-bond donors (Lipinski definition) is 1. The first-order valence-electron chi connectivity index (χ1n) is 10.5. The molecule has 0 radical (unpaired) electrons. The van der Waals surface area contributed by atoms with Gasteiger partial charge in [0, 0.05) is 6.42 Å². The maximum absolute atomic E-state index is 12.7. The van der Waals surface area contributed by atoms with Gasteiger partial charge in [0.2, 0.25) is 0 Å². The van der Waals surface area contributed by atoms with E-state index in [9.17, 15) is 19.6 Å². The molecule has 1 rings (SSSR count). The van der Waals surface area contributed by atoms with Crippen molar-refractivity contribution in [2.24, 2.45) is 0 Å². The first-order chi connectivity index (χ1) is 15.1. The largest absolute Gasteiger partial charge is 0.467 e. The average Bonchev–Trinajstić information content (AvgIpc) is 2.75. The van der Waals surface area contributed by atoms with E-state index in [4.69, 9.17) is 14.2 Å². The number of nitrogens with zero attached hydrogens (tertiary/aromatic N) is 2. The maximum atomic E-state index is 12.7. The SMILES string of the molecule is COC(=O)[C@H](C)N(CC(C#N)NCCCC(=O)OC(C)(C)C)C(=O)OCc1ccccc1. The summed E-state index contributed by atoms with van der Waals surface area (Å²) in [4.78, 5) is 37.7. The minimum Gasteiger partial charge on any atom is -0.467 e. The van der Waals surface area contributed by atoms with E-state index in [-0.39, 0.29) is 25.5 Å². The Balaban J connectivity index is 2.67. The lowest BCUT2D eigenvalue weighted by molar-refractivity contribution is -0.155. The number of methoxy groups -OCH3 is 1. The smallest absolute Gasteiger partial charge is 0.410 e. The van der Waals surface area contributed by atoms with E-state index in [0.717, 1.165) is 10.5 Å². The zero-order valence-corrected chi connectivity index (χ0v) is 19.4. The van der Waals surface area contributed by atoms with Crippen LogP contribution in [0.15, 0.2) is 30.3 Å². The Kier molecular flexibility index (Phi) is 11.2. The topological polar surface area (TPSA) is 118 Å². The Labute approximate surface area is 189 Å². The fourth-order valence-electron chi connectivity index (χ4n) is 2.74. The highest BCUT2D eigenvalue weighted by atomic mass is 16.6. The number of esters is 2. The Hall–Kier alpha value is -3.12. The molecular weight excluding hydrogens is 414 g/mol. The molecule has 1 aromatic rings. The summed E-state index contributed by atoms with van der Waals surface area (Å²) in [6.45, 7) is 7.19. The molecule has 1 N–H and O–H groups in total. The maximum Gasteiger partial charge on any atom is 0.410 e. The van der Waals surface area contributed by atoms with Gasteiger partial charge in [0.25, 0.3) is 0 Å². The molecule has 1 amide bonds. The van der Waals surface area contributed by atoms with Gasteiger partial charge in [0.05, 0.1) is 19.7 Å². The van der Waals surface area contributed by atoms with Crippen molar-refractivity contribution < 1.29 is 28.6 Å². The van der Waals surface area contributed by atoms with Gasteiger partial charge in [-0.05, 0) is 46.2 Å². The van der Waals surface area contributed by atoms with Crippen LogP contribution in [0.25, 0.3) is 0 Å². The van der Waals surface area contributed by atoms with Crippen LogP contribution in [0.3, 0.4) is 0 Å². The second kappa shape index (κ2) is 13.3. The molecule has 0 saturated carbocycles. The number of ether oxygens (including phenoxy) is 3. The van der Waals surface area contributed by atoms with Crippen LogP contribution < -0.4 is 5.32 Å². The van der Waals surface area contributed by atoms with Crippen LogP contribution in [0.2, 0.25) is 0 Å². The van der Waals surface area contributed by atoms with Gasteiger partial charge in [0.15, 0.2) is 0 Å². The minimum absolute atomic E-state index is 0.0323. The molecule has 1 unspecified atom stereocenters. The summed E-state index contributed by atoms with van der Waals surface area (Å²) in [7, 11) is 1.23. The molecule has 0 bridgehead atoms. The molecule has 0 aromatic heterocycles. The summed E-state index contributed by atoms with van der Waals surface area (Å²) in [6, 6.07) is 9.48. The molecule has 176 valence electrons. The molecule has 0 spiro atoms. The summed E-state index contributed by atoms with van der Waals surface area (Å²) in [5, 5.41) is 12.5. The number of hydrogen-bond acceptors (Lipinski definition) is 8. The van der Waals surface area contributed by atoms with Crippen molar-refractivity contribution in [1.82, 2.24) is 10.2 Å². The Morgan fingerprint density at radius 3 is 2.41 bits per heavy atom. The first kappa shape index (κ1) is 26.9. The lowest BCUT2D eigenvalue weighted by Gasteiger charge is -2.28. The van der Waals surface area contributed by atoms with Gasteiger partial charge < -0.3 is 19.5 Å². The number of nitrogens with one attached hydrogen (secondary N) is 1. The van der Waals surface area contributed by atoms with Crippen molar-refractivity contribution in [1.29, 1.82) is 5.26 Å². The highest BCUT2D eigenvalue weighted by Crippen LogP contribution is 2.10. The Bertz CT molecular complexity index is 785. The molecule has 1 aromatic carbocycles.